The summed E-state index contributed by atoms with van der Waals surface area (Å²) in [7, 11) is 0. The first-order valence-corrected chi connectivity index (χ1v) is 10.5. The van der Waals surface area contributed by atoms with E-state index in [9.17, 15) is 28.9 Å². The van der Waals surface area contributed by atoms with Gasteiger partial charge in [-0.15, -0.1) is 0 Å². The van der Waals surface area contributed by atoms with E-state index >= 15 is 0 Å². The molecule has 0 aromatic heterocycles. The largest absolute Gasteiger partial charge is 0.292 e. The minimum Gasteiger partial charge on any atom is -0.292 e. The number of hydrogen-bond donors (Lipinski definition) is 0. The molecule has 4 atom stereocenters. The molecule has 2 aromatic rings. The molecule has 0 saturated carbocycles. The molecule has 3 saturated heterocycles. The van der Waals surface area contributed by atoms with E-state index < -0.39 is 34.5 Å². The molecule has 2 aromatic carbocycles. The van der Waals surface area contributed by atoms with Crippen molar-refractivity contribution in [3.63, 3.8) is 0 Å². The third kappa shape index (κ3) is 2.88. The molecule has 3 aliphatic heterocycles. The molecular weight excluding hydrogens is 417 g/mol. The zero-order chi connectivity index (χ0) is 22.7. The van der Waals surface area contributed by atoms with Crippen molar-refractivity contribution in [3.8, 4) is 0 Å². The molecule has 3 heterocycles. The number of nitrogens with zero attached hydrogens (tertiary/aromatic N) is 3. The fourth-order valence-electron chi connectivity index (χ4n) is 5.54. The van der Waals surface area contributed by atoms with E-state index in [1.54, 1.807) is 6.92 Å². The Bertz CT molecular complexity index is 1160. The first-order chi connectivity index (χ1) is 15.3. The fraction of sp³-hybridized carbons (Fsp3) is 0.348. The highest BCUT2D eigenvalue weighted by atomic mass is 19.1. The van der Waals surface area contributed by atoms with E-state index in [1.807, 2.05) is 4.90 Å². The maximum Gasteiger partial charge on any atom is 0.269 e. The molecule has 2 amide bonds. The van der Waals surface area contributed by atoms with Crippen LogP contribution in [-0.2, 0) is 9.59 Å². The summed E-state index contributed by atoms with van der Waals surface area (Å²) < 4.78 is 13.4. The van der Waals surface area contributed by atoms with E-state index in [2.05, 4.69) is 0 Å². The molecule has 8 nitrogen and oxygen atoms in total. The first-order valence-electron chi connectivity index (χ1n) is 10.5. The highest BCUT2D eigenvalue weighted by molar-refractivity contribution is 6.24. The number of aryl methyl sites for hydroxylation is 1. The topological polar surface area (TPSA) is 101 Å². The summed E-state index contributed by atoms with van der Waals surface area (Å²) in [5, 5.41) is 11.1. The van der Waals surface area contributed by atoms with Gasteiger partial charge in [0.1, 0.15) is 5.82 Å². The predicted octanol–water partition coefficient (Wildman–Crippen LogP) is 2.88. The van der Waals surface area contributed by atoms with Crippen molar-refractivity contribution in [3.05, 3.63) is 69.5 Å². The number of nitro groups is 1. The number of amides is 2. The SMILES string of the molecule is Cc1cc([N+](=O)[O-])ccc1N1C(=O)[C@@H]2[C@H](C1=O)[C@@H](C(=O)c1ccc(F)cc1)N1CCC[C@@H]21. The number of rotatable bonds is 4. The molecule has 0 spiro atoms. The summed E-state index contributed by atoms with van der Waals surface area (Å²) in [5.41, 5.74) is 0.910. The normalized spacial score (nSPS) is 27.0. The third-order valence-corrected chi connectivity index (χ3v) is 6.88. The van der Waals surface area contributed by atoms with Gasteiger partial charge in [-0.05, 0) is 62.2 Å². The Morgan fingerprint density at radius 2 is 1.78 bits per heavy atom. The summed E-state index contributed by atoms with van der Waals surface area (Å²) >= 11 is 0. The lowest BCUT2D eigenvalue weighted by molar-refractivity contribution is -0.384. The van der Waals surface area contributed by atoms with Crippen LogP contribution in [0.4, 0.5) is 15.8 Å². The summed E-state index contributed by atoms with van der Waals surface area (Å²) in [6, 6.07) is 8.20. The van der Waals surface area contributed by atoms with Crippen molar-refractivity contribution < 1.29 is 23.7 Å². The molecule has 0 aliphatic carbocycles. The van der Waals surface area contributed by atoms with Crippen LogP contribution in [0.25, 0.3) is 0 Å². The van der Waals surface area contributed by atoms with Gasteiger partial charge < -0.3 is 0 Å². The maximum atomic E-state index is 13.5. The van der Waals surface area contributed by atoms with Crippen molar-refractivity contribution in [1.82, 2.24) is 4.90 Å². The number of anilines is 1. The second-order valence-electron chi connectivity index (χ2n) is 8.55. The lowest BCUT2D eigenvalue weighted by atomic mass is 9.85. The second-order valence-corrected chi connectivity index (χ2v) is 8.55. The summed E-state index contributed by atoms with van der Waals surface area (Å²) in [5.74, 6) is -3.08. The molecule has 0 unspecified atom stereocenters. The number of carbonyl (C=O) groups is 3. The van der Waals surface area contributed by atoms with E-state index in [-0.39, 0.29) is 23.4 Å². The van der Waals surface area contributed by atoms with Crippen molar-refractivity contribution in [2.75, 3.05) is 11.4 Å². The number of Topliss-reactive ketones (excluding diaryl/α,β-unsaturated/α-hetero) is 1. The highest BCUT2D eigenvalue weighted by Crippen LogP contribution is 2.49. The number of carbonyl (C=O) groups excluding carboxylic acids is 3. The smallest absolute Gasteiger partial charge is 0.269 e. The summed E-state index contributed by atoms with van der Waals surface area (Å²) in [6.45, 7) is 2.23. The van der Waals surface area contributed by atoms with Crippen molar-refractivity contribution in [2.45, 2.75) is 31.8 Å². The van der Waals surface area contributed by atoms with Gasteiger partial charge in [0.15, 0.2) is 5.78 Å². The van der Waals surface area contributed by atoms with Crippen LogP contribution in [0.2, 0.25) is 0 Å². The Hall–Kier alpha value is -3.46. The molecule has 3 aliphatic rings. The van der Waals surface area contributed by atoms with Gasteiger partial charge >= 0.3 is 0 Å². The summed E-state index contributed by atoms with van der Waals surface area (Å²) in [4.78, 5) is 54.0. The molecular formula is C23H20FN3O5. The number of non-ortho nitro benzene ring substituents is 1. The minimum atomic E-state index is -0.833. The average molecular weight is 437 g/mol. The molecule has 32 heavy (non-hydrogen) atoms. The monoisotopic (exact) mass is 437 g/mol. The van der Waals surface area contributed by atoms with Crippen molar-refractivity contribution >= 4 is 29.0 Å². The number of imide groups is 1. The number of fused-ring (bicyclic) bond motifs is 3. The molecule has 0 bridgehead atoms. The second kappa shape index (κ2) is 7.30. The first kappa shape index (κ1) is 20.4. The molecule has 9 heteroatoms. The van der Waals surface area contributed by atoms with Crippen LogP contribution in [0.1, 0.15) is 28.8 Å². The number of nitro benzene ring substituents is 1. The van der Waals surface area contributed by atoms with E-state index in [1.165, 1.54) is 42.5 Å². The van der Waals surface area contributed by atoms with Crippen LogP contribution >= 0.6 is 0 Å². The van der Waals surface area contributed by atoms with Gasteiger partial charge in [-0.1, -0.05) is 0 Å². The van der Waals surface area contributed by atoms with Gasteiger partial charge in [0, 0.05) is 23.7 Å². The number of hydrogen-bond acceptors (Lipinski definition) is 6. The van der Waals surface area contributed by atoms with Crippen LogP contribution in [0.5, 0.6) is 0 Å². The minimum absolute atomic E-state index is 0.128. The van der Waals surface area contributed by atoms with Crippen LogP contribution in [0.3, 0.4) is 0 Å². The number of ketones is 1. The Balaban J connectivity index is 1.54. The fourth-order valence-corrected chi connectivity index (χ4v) is 5.54. The number of benzene rings is 2. The van der Waals surface area contributed by atoms with E-state index in [0.717, 1.165) is 11.3 Å². The molecule has 3 fully saturated rings. The molecule has 0 radical (unpaired) electrons. The van der Waals surface area contributed by atoms with Crippen LogP contribution in [0.15, 0.2) is 42.5 Å². The third-order valence-electron chi connectivity index (χ3n) is 6.88. The lowest BCUT2D eigenvalue weighted by Crippen LogP contribution is -2.46. The summed E-state index contributed by atoms with van der Waals surface area (Å²) in [6.07, 6.45) is 1.53. The number of halogens is 1. The molecule has 0 N–H and O–H groups in total. The van der Waals surface area contributed by atoms with Crippen LogP contribution in [-0.4, -0.2) is 46.0 Å². The van der Waals surface area contributed by atoms with Crippen molar-refractivity contribution in [2.24, 2.45) is 11.8 Å². The standard InChI is InChI=1S/C23H20FN3O5/c1-12-11-15(27(31)32)8-9-16(12)26-22(29)18-17-3-2-10-25(17)20(19(18)23(26)30)21(28)13-4-6-14(24)7-5-13/h4-9,11,17-20H,2-3,10H2,1H3/t17-,18-,19-,20-/m0/s1. The van der Waals surface area contributed by atoms with Gasteiger partial charge in [-0.25, -0.2) is 9.29 Å². The van der Waals surface area contributed by atoms with E-state index in [0.29, 0.717) is 29.8 Å². The lowest BCUT2D eigenvalue weighted by Gasteiger charge is -2.28. The Morgan fingerprint density at radius 3 is 2.44 bits per heavy atom. The van der Waals surface area contributed by atoms with Crippen LogP contribution in [0, 0.1) is 34.7 Å². The molecule has 5 rings (SSSR count). The maximum absolute atomic E-state index is 13.5. The zero-order valence-corrected chi connectivity index (χ0v) is 17.2. The van der Waals surface area contributed by atoms with Gasteiger partial charge in [-0.2, -0.15) is 0 Å². The van der Waals surface area contributed by atoms with Gasteiger partial charge in [0.2, 0.25) is 11.8 Å². The zero-order valence-electron chi connectivity index (χ0n) is 17.2. The van der Waals surface area contributed by atoms with Gasteiger partial charge in [0.05, 0.1) is 28.5 Å². The van der Waals surface area contributed by atoms with Crippen molar-refractivity contribution in [1.29, 1.82) is 0 Å². The van der Waals surface area contributed by atoms with E-state index in [4.69, 9.17) is 0 Å². The van der Waals surface area contributed by atoms with Gasteiger partial charge in [0.25, 0.3) is 5.69 Å². The Kier molecular flexibility index (Phi) is 4.67. The predicted molar refractivity (Wildman–Crippen MR) is 112 cm³/mol. The average Bonchev–Trinajstić information content (AvgIpc) is 3.40. The quantitative estimate of drug-likeness (QED) is 0.316. The highest BCUT2D eigenvalue weighted by Gasteiger charge is 2.64. The Morgan fingerprint density at radius 1 is 1.09 bits per heavy atom. The van der Waals surface area contributed by atoms with Gasteiger partial charge in [-0.3, -0.25) is 29.4 Å². The van der Waals surface area contributed by atoms with Crippen LogP contribution < -0.4 is 4.90 Å². The Labute approximate surface area is 182 Å². The molecule has 164 valence electrons.